The van der Waals surface area contributed by atoms with Crippen LogP contribution in [0.1, 0.15) is 5.56 Å². The van der Waals surface area contributed by atoms with E-state index in [2.05, 4.69) is 45.6 Å². The van der Waals surface area contributed by atoms with E-state index in [0.29, 0.717) is 6.04 Å². The predicted octanol–water partition coefficient (Wildman–Crippen LogP) is 2.86. The Bertz CT molecular complexity index is 368. The molecule has 0 amide bonds. The molecule has 2 rings (SSSR count). The van der Waals surface area contributed by atoms with Crippen LogP contribution < -0.4 is 10.6 Å². The van der Waals surface area contributed by atoms with E-state index in [9.17, 15) is 0 Å². The van der Waals surface area contributed by atoms with Gasteiger partial charge in [-0.05, 0) is 47.6 Å². The van der Waals surface area contributed by atoms with E-state index in [4.69, 9.17) is 0 Å². The van der Waals surface area contributed by atoms with E-state index in [1.807, 2.05) is 18.8 Å². The molecule has 0 aliphatic carbocycles. The monoisotopic (exact) mass is 286 g/mol. The Morgan fingerprint density at radius 2 is 2.40 bits per heavy atom. The quantitative estimate of drug-likeness (QED) is 0.874. The van der Waals surface area contributed by atoms with Gasteiger partial charge in [0, 0.05) is 27.7 Å². The minimum atomic E-state index is 0.520. The third-order valence-corrected chi connectivity index (χ3v) is 4.26. The van der Waals surface area contributed by atoms with Crippen molar-refractivity contribution in [3.63, 3.8) is 0 Å². The SMILES string of the molecule is CNCC1CSc2cc(C)cc(Br)c2N1. The topological polar surface area (TPSA) is 24.1 Å². The molecule has 4 heteroatoms. The van der Waals surface area contributed by atoms with Crippen molar-refractivity contribution in [1.29, 1.82) is 0 Å². The van der Waals surface area contributed by atoms with Crippen molar-refractivity contribution in [2.75, 3.05) is 24.7 Å². The van der Waals surface area contributed by atoms with E-state index >= 15 is 0 Å². The van der Waals surface area contributed by atoms with Gasteiger partial charge in [0.1, 0.15) is 0 Å². The Hall–Kier alpha value is -0.190. The van der Waals surface area contributed by atoms with Crippen LogP contribution in [-0.4, -0.2) is 25.4 Å². The van der Waals surface area contributed by atoms with Crippen molar-refractivity contribution in [2.24, 2.45) is 0 Å². The van der Waals surface area contributed by atoms with Crippen LogP contribution in [0.3, 0.4) is 0 Å². The number of thioether (sulfide) groups is 1. The molecule has 1 aliphatic rings. The highest BCUT2D eigenvalue weighted by Gasteiger charge is 2.19. The Labute approximate surface area is 103 Å². The molecule has 1 aromatic carbocycles. The molecule has 0 aromatic heterocycles. The van der Waals surface area contributed by atoms with Gasteiger partial charge in [-0.15, -0.1) is 11.8 Å². The van der Waals surface area contributed by atoms with Crippen LogP contribution in [0.2, 0.25) is 0 Å². The van der Waals surface area contributed by atoms with Crippen LogP contribution in [0.5, 0.6) is 0 Å². The molecule has 0 bridgehead atoms. The summed E-state index contributed by atoms with van der Waals surface area (Å²) in [5.41, 5.74) is 2.55. The second-order valence-corrected chi connectivity index (χ2v) is 5.75. The van der Waals surface area contributed by atoms with Crippen LogP contribution in [0.25, 0.3) is 0 Å². The van der Waals surface area contributed by atoms with Gasteiger partial charge in [-0.3, -0.25) is 0 Å². The number of likely N-dealkylation sites (N-methyl/N-ethyl adjacent to an activating group) is 1. The molecule has 2 nitrogen and oxygen atoms in total. The Kier molecular flexibility index (Phi) is 3.59. The molecule has 1 heterocycles. The average Bonchev–Trinajstić information content (AvgIpc) is 2.19. The second-order valence-electron chi connectivity index (χ2n) is 3.83. The van der Waals surface area contributed by atoms with E-state index in [1.165, 1.54) is 20.6 Å². The van der Waals surface area contributed by atoms with Crippen LogP contribution in [0, 0.1) is 6.92 Å². The maximum absolute atomic E-state index is 3.62. The maximum atomic E-state index is 3.62. The summed E-state index contributed by atoms with van der Waals surface area (Å²) in [7, 11) is 1.99. The van der Waals surface area contributed by atoms with Gasteiger partial charge in [-0.25, -0.2) is 0 Å². The van der Waals surface area contributed by atoms with Gasteiger partial charge < -0.3 is 10.6 Å². The number of halogens is 1. The highest BCUT2D eigenvalue weighted by Crippen LogP contribution is 2.39. The number of nitrogens with one attached hydrogen (secondary N) is 2. The largest absolute Gasteiger partial charge is 0.378 e. The number of benzene rings is 1. The van der Waals surface area contributed by atoms with Gasteiger partial charge in [-0.2, -0.15) is 0 Å². The molecule has 0 radical (unpaired) electrons. The first-order valence-corrected chi connectivity index (χ1v) is 6.82. The van der Waals surface area contributed by atoms with Crippen LogP contribution in [0.15, 0.2) is 21.5 Å². The van der Waals surface area contributed by atoms with Crippen molar-refractivity contribution in [1.82, 2.24) is 5.32 Å². The predicted molar refractivity (Wildman–Crippen MR) is 70.9 cm³/mol. The standard InChI is InChI=1S/C11H15BrN2S/c1-7-3-9(12)11-10(4-7)15-6-8(14-11)5-13-2/h3-4,8,13-14H,5-6H2,1-2H3. The van der Waals surface area contributed by atoms with E-state index in [-0.39, 0.29) is 0 Å². The molecule has 1 aliphatic heterocycles. The minimum Gasteiger partial charge on any atom is -0.378 e. The van der Waals surface area contributed by atoms with Gasteiger partial charge in [0.2, 0.25) is 0 Å². The van der Waals surface area contributed by atoms with Crippen LogP contribution in [-0.2, 0) is 0 Å². The highest BCUT2D eigenvalue weighted by molar-refractivity contribution is 9.10. The van der Waals surface area contributed by atoms with Crippen molar-refractivity contribution >= 4 is 33.4 Å². The summed E-state index contributed by atoms with van der Waals surface area (Å²) in [5, 5.41) is 6.77. The van der Waals surface area contributed by atoms with Gasteiger partial charge >= 0.3 is 0 Å². The first-order valence-electron chi connectivity index (χ1n) is 5.05. The lowest BCUT2D eigenvalue weighted by Crippen LogP contribution is -2.35. The van der Waals surface area contributed by atoms with Gasteiger partial charge in [0.15, 0.2) is 0 Å². The second kappa shape index (κ2) is 4.76. The molecule has 2 N–H and O–H groups in total. The summed E-state index contributed by atoms with van der Waals surface area (Å²) in [6.07, 6.45) is 0. The lowest BCUT2D eigenvalue weighted by Gasteiger charge is -2.27. The number of aryl methyl sites for hydroxylation is 1. The number of fused-ring (bicyclic) bond motifs is 1. The molecule has 1 atom stereocenters. The summed E-state index contributed by atoms with van der Waals surface area (Å²) >= 11 is 5.55. The average molecular weight is 287 g/mol. The van der Waals surface area contributed by atoms with Gasteiger partial charge in [-0.1, -0.05) is 0 Å². The molecule has 0 saturated carbocycles. The van der Waals surface area contributed by atoms with Crippen LogP contribution in [0.4, 0.5) is 5.69 Å². The van der Waals surface area contributed by atoms with Crippen molar-refractivity contribution in [3.8, 4) is 0 Å². The number of hydrogen-bond donors (Lipinski definition) is 2. The number of anilines is 1. The van der Waals surface area contributed by atoms with Gasteiger partial charge in [0.25, 0.3) is 0 Å². The maximum Gasteiger partial charge on any atom is 0.0625 e. The lowest BCUT2D eigenvalue weighted by atomic mass is 10.2. The van der Waals surface area contributed by atoms with Crippen molar-refractivity contribution < 1.29 is 0 Å². The Morgan fingerprint density at radius 3 is 3.13 bits per heavy atom. The molecule has 0 saturated heterocycles. The zero-order valence-corrected chi connectivity index (χ0v) is 11.3. The third kappa shape index (κ3) is 2.49. The third-order valence-electron chi connectivity index (χ3n) is 2.44. The van der Waals surface area contributed by atoms with Crippen LogP contribution >= 0.6 is 27.7 Å². The van der Waals surface area contributed by atoms with E-state index in [0.717, 1.165) is 12.3 Å². The van der Waals surface area contributed by atoms with E-state index in [1.54, 1.807) is 0 Å². The Morgan fingerprint density at radius 1 is 1.60 bits per heavy atom. The van der Waals surface area contributed by atoms with Crippen molar-refractivity contribution in [3.05, 3.63) is 22.2 Å². The first-order chi connectivity index (χ1) is 7.20. The lowest BCUT2D eigenvalue weighted by molar-refractivity contribution is 0.701. The first kappa shape index (κ1) is 11.3. The molecule has 1 aromatic rings. The zero-order chi connectivity index (χ0) is 10.8. The summed E-state index contributed by atoms with van der Waals surface area (Å²) in [6, 6.07) is 4.92. The molecule has 0 fully saturated rings. The molecule has 1 unspecified atom stereocenters. The number of hydrogen-bond acceptors (Lipinski definition) is 3. The molecular formula is C11H15BrN2S. The fourth-order valence-electron chi connectivity index (χ4n) is 1.76. The zero-order valence-electron chi connectivity index (χ0n) is 8.93. The molecule has 82 valence electrons. The highest BCUT2D eigenvalue weighted by atomic mass is 79.9. The van der Waals surface area contributed by atoms with Gasteiger partial charge in [0.05, 0.1) is 5.69 Å². The fraction of sp³-hybridized carbons (Fsp3) is 0.455. The molecular weight excluding hydrogens is 272 g/mol. The fourth-order valence-corrected chi connectivity index (χ4v) is 3.74. The normalized spacial score (nSPS) is 19.5. The smallest absolute Gasteiger partial charge is 0.0625 e. The summed E-state index contributed by atoms with van der Waals surface area (Å²) < 4.78 is 1.17. The number of rotatable bonds is 2. The van der Waals surface area contributed by atoms with E-state index < -0.39 is 0 Å². The minimum absolute atomic E-state index is 0.520. The molecule has 15 heavy (non-hydrogen) atoms. The Balaban J connectivity index is 2.25. The molecule has 0 spiro atoms. The summed E-state index contributed by atoms with van der Waals surface area (Å²) in [4.78, 5) is 1.36. The summed E-state index contributed by atoms with van der Waals surface area (Å²) in [6.45, 7) is 3.14. The van der Waals surface area contributed by atoms with Crippen molar-refractivity contribution in [2.45, 2.75) is 17.9 Å². The summed E-state index contributed by atoms with van der Waals surface area (Å²) in [5.74, 6) is 1.13.